The topological polar surface area (TPSA) is 62.7 Å². The summed E-state index contributed by atoms with van der Waals surface area (Å²) in [6.45, 7) is 3.58. The van der Waals surface area contributed by atoms with Crippen molar-refractivity contribution in [3.8, 4) is 53.3 Å². The van der Waals surface area contributed by atoms with Gasteiger partial charge in [0.2, 0.25) is 0 Å². The summed E-state index contributed by atoms with van der Waals surface area (Å²) in [6.07, 6.45) is 1.91. The molecule has 3 aromatic carbocycles. The van der Waals surface area contributed by atoms with Crippen LogP contribution in [0.1, 0.15) is 12.8 Å². The van der Waals surface area contributed by atoms with Crippen LogP contribution in [0.3, 0.4) is 0 Å². The number of nitrogens with zero attached hydrogens (tertiary/aromatic N) is 2. The van der Waals surface area contributed by atoms with Gasteiger partial charge in [-0.2, -0.15) is 8.75 Å². The molecule has 4 aliphatic rings. The van der Waals surface area contributed by atoms with Crippen molar-refractivity contribution >= 4 is 45.4 Å². The highest BCUT2D eigenvalue weighted by Gasteiger charge is 2.17. The highest BCUT2D eigenvalue weighted by molar-refractivity contribution is 7.19. The first-order valence-corrected chi connectivity index (χ1v) is 16.8. The molecule has 0 spiro atoms. The molecule has 0 unspecified atom stereocenters. The van der Waals surface area contributed by atoms with Gasteiger partial charge in [0.1, 0.15) is 35.7 Å². The Morgan fingerprint density at radius 3 is 1.35 bits per heavy atom. The van der Waals surface area contributed by atoms with Crippen molar-refractivity contribution in [2.24, 2.45) is 0 Å². The minimum Gasteiger partial charge on any atom is -0.491 e. The Hall–Kier alpha value is -3.60. The second-order valence-corrected chi connectivity index (χ2v) is 12.8. The molecule has 3 aromatic heterocycles. The molecule has 0 fully saturated rings. The van der Waals surface area contributed by atoms with E-state index in [1.807, 2.05) is 24.3 Å². The molecular formula is C34H30N2O4S3. The first-order valence-electron chi connectivity index (χ1n) is 14.4. The van der Waals surface area contributed by atoms with Crippen LogP contribution in [0.25, 0.3) is 52.8 Å². The van der Waals surface area contributed by atoms with Gasteiger partial charge in [-0.25, -0.2) is 0 Å². The fourth-order valence-electron chi connectivity index (χ4n) is 5.02. The van der Waals surface area contributed by atoms with E-state index < -0.39 is 0 Å². The van der Waals surface area contributed by atoms with Crippen molar-refractivity contribution < 1.29 is 18.9 Å². The largest absolute Gasteiger partial charge is 0.491 e. The Bertz CT molecular complexity index is 1660. The molecule has 9 heteroatoms. The Morgan fingerprint density at radius 2 is 0.884 bits per heavy atom. The molecule has 0 radical (unpaired) electrons. The van der Waals surface area contributed by atoms with Gasteiger partial charge in [-0.15, -0.1) is 22.7 Å². The number of thiophene rings is 2. The minimum atomic E-state index is 0.526. The SMILES string of the molecule is c1cc2ccc1OCCOCCCCOCCOc1ccc(cc1)-c1ccc(s1)-c1ccc(c3nsnc13)-c1ccc-2s1. The highest BCUT2D eigenvalue weighted by atomic mass is 32.1. The Morgan fingerprint density at radius 1 is 0.442 bits per heavy atom. The molecule has 0 saturated heterocycles. The van der Waals surface area contributed by atoms with Crippen molar-refractivity contribution in [3.05, 3.63) is 84.9 Å². The van der Waals surface area contributed by atoms with E-state index in [0.29, 0.717) is 39.6 Å². The normalized spacial score (nSPS) is 14.9. The maximum atomic E-state index is 5.89. The molecule has 0 saturated carbocycles. The lowest BCUT2D eigenvalue weighted by atomic mass is 10.1. The van der Waals surface area contributed by atoms with Crippen LogP contribution in [0.2, 0.25) is 0 Å². The Balaban J connectivity index is 1.16. The van der Waals surface area contributed by atoms with Crippen molar-refractivity contribution in [1.29, 1.82) is 0 Å². The maximum Gasteiger partial charge on any atom is 0.119 e. The molecule has 0 atom stereocenters. The molecule has 10 bridgehead atoms. The molecule has 6 nitrogen and oxygen atoms in total. The number of rotatable bonds is 0. The second kappa shape index (κ2) is 13.4. The number of benzene rings is 3. The average molecular weight is 627 g/mol. The third-order valence-corrected chi connectivity index (χ3v) is 10.1. The summed E-state index contributed by atoms with van der Waals surface area (Å²) in [5, 5.41) is 0. The summed E-state index contributed by atoms with van der Waals surface area (Å²) >= 11 is 4.80. The van der Waals surface area contributed by atoms with Gasteiger partial charge in [0, 0.05) is 43.8 Å². The van der Waals surface area contributed by atoms with Gasteiger partial charge in [0.15, 0.2) is 0 Å². The van der Waals surface area contributed by atoms with E-state index in [2.05, 4.69) is 60.7 Å². The van der Waals surface area contributed by atoms with Gasteiger partial charge in [0.05, 0.1) is 24.9 Å². The van der Waals surface area contributed by atoms with Crippen LogP contribution in [0, 0.1) is 0 Å². The van der Waals surface area contributed by atoms with Gasteiger partial charge >= 0.3 is 0 Å². The second-order valence-electron chi connectivity index (χ2n) is 10.1. The van der Waals surface area contributed by atoms with Crippen LogP contribution < -0.4 is 9.47 Å². The molecule has 0 N–H and O–H groups in total. The molecule has 43 heavy (non-hydrogen) atoms. The number of hydrogen-bond donors (Lipinski definition) is 0. The van der Waals surface area contributed by atoms with E-state index in [-0.39, 0.29) is 0 Å². The number of aromatic nitrogens is 2. The van der Waals surface area contributed by atoms with Crippen molar-refractivity contribution in [2.75, 3.05) is 39.6 Å². The third-order valence-electron chi connectivity index (χ3n) is 7.26. The molecule has 0 aliphatic carbocycles. The number of ether oxygens (including phenoxy) is 4. The van der Waals surface area contributed by atoms with Crippen LogP contribution in [0.5, 0.6) is 11.5 Å². The van der Waals surface area contributed by atoms with Gasteiger partial charge in [0.25, 0.3) is 0 Å². The predicted molar refractivity (Wildman–Crippen MR) is 177 cm³/mol. The molecule has 0 amide bonds. The van der Waals surface area contributed by atoms with Crippen molar-refractivity contribution in [3.63, 3.8) is 0 Å². The molecule has 4 aliphatic heterocycles. The van der Waals surface area contributed by atoms with E-state index in [0.717, 1.165) is 57.6 Å². The zero-order valence-electron chi connectivity index (χ0n) is 23.5. The standard InChI is InChI=1S/C34H30N2O4S3/c1-2-18-38-20-22-40-26-9-5-24(6-10-26)30-14-16-32(42-30)28-12-11-27(33-34(28)36-43-35-33)31-15-13-29(41-31)23-3-7-25(8-4-23)39-21-19-37-17-1/h3-16H,1-2,17-22H2. The fraction of sp³-hybridized carbons (Fsp3) is 0.235. The van der Waals surface area contributed by atoms with E-state index >= 15 is 0 Å². The van der Waals surface area contributed by atoms with E-state index in [1.165, 1.54) is 31.2 Å². The molecule has 218 valence electrons. The van der Waals surface area contributed by atoms with Gasteiger partial charge in [-0.3, -0.25) is 0 Å². The quantitative estimate of drug-likeness (QED) is 0.168. The Kier molecular flexibility index (Phi) is 8.76. The van der Waals surface area contributed by atoms with Gasteiger partial charge < -0.3 is 18.9 Å². The van der Waals surface area contributed by atoms with E-state index in [9.17, 15) is 0 Å². The maximum absolute atomic E-state index is 5.89. The lowest BCUT2D eigenvalue weighted by Crippen LogP contribution is -2.09. The number of hydrogen-bond acceptors (Lipinski definition) is 9. The minimum absolute atomic E-state index is 0.526. The zero-order chi connectivity index (χ0) is 28.8. The Labute approximate surface area is 262 Å². The smallest absolute Gasteiger partial charge is 0.119 e. The zero-order valence-corrected chi connectivity index (χ0v) is 25.9. The lowest BCUT2D eigenvalue weighted by molar-refractivity contribution is 0.0758. The fourth-order valence-corrected chi connectivity index (χ4v) is 7.67. The summed E-state index contributed by atoms with van der Waals surface area (Å²) in [6, 6.07) is 29.6. The summed E-state index contributed by atoms with van der Waals surface area (Å²) in [5.74, 6) is 1.69. The van der Waals surface area contributed by atoms with Crippen molar-refractivity contribution in [2.45, 2.75) is 12.8 Å². The lowest BCUT2D eigenvalue weighted by Gasteiger charge is -2.09. The van der Waals surface area contributed by atoms with E-state index in [1.54, 1.807) is 22.7 Å². The molecule has 6 aromatic rings. The van der Waals surface area contributed by atoms with Crippen LogP contribution in [-0.2, 0) is 9.47 Å². The van der Waals surface area contributed by atoms with E-state index in [4.69, 9.17) is 27.7 Å². The highest BCUT2D eigenvalue weighted by Crippen LogP contribution is 2.42. The van der Waals surface area contributed by atoms with Crippen LogP contribution in [0.15, 0.2) is 84.9 Å². The van der Waals surface area contributed by atoms with Crippen molar-refractivity contribution in [1.82, 2.24) is 8.75 Å². The molecule has 10 rings (SSSR count). The first kappa shape index (κ1) is 28.2. The average Bonchev–Trinajstić information content (AvgIpc) is 3.83. The summed E-state index contributed by atoms with van der Waals surface area (Å²) in [4.78, 5) is 4.76. The van der Waals surface area contributed by atoms with Crippen LogP contribution in [-0.4, -0.2) is 48.4 Å². The molecular weight excluding hydrogens is 597 g/mol. The van der Waals surface area contributed by atoms with Gasteiger partial charge in [-0.1, -0.05) is 12.1 Å². The van der Waals surface area contributed by atoms with Gasteiger partial charge in [-0.05, 0) is 96.8 Å². The summed E-state index contributed by atoms with van der Waals surface area (Å²) < 4.78 is 32.7. The summed E-state index contributed by atoms with van der Waals surface area (Å²) in [5.41, 5.74) is 6.44. The van der Waals surface area contributed by atoms with Crippen LogP contribution >= 0.6 is 34.4 Å². The monoisotopic (exact) mass is 626 g/mol. The number of fused-ring (bicyclic) bond motifs is 1. The first-order chi connectivity index (χ1) is 21.3. The van der Waals surface area contributed by atoms with Crippen LogP contribution in [0.4, 0.5) is 0 Å². The predicted octanol–water partition coefficient (Wildman–Crippen LogP) is 9.07. The third kappa shape index (κ3) is 6.51. The summed E-state index contributed by atoms with van der Waals surface area (Å²) in [7, 11) is 0. The molecule has 7 heterocycles.